The number of anilines is 3. The van der Waals surface area contributed by atoms with Crippen molar-refractivity contribution in [3.8, 4) is 0 Å². The van der Waals surface area contributed by atoms with Gasteiger partial charge in [0, 0.05) is 54.2 Å². The van der Waals surface area contributed by atoms with E-state index < -0.39 is 5.82 Å². The fourth-order valence-corrected chi connectivity index (χ4v) is 5.99. The van der Waals surface area contributed by atoms with E-state index >= 15 is 0 Å². The second-order valence-electron chi connectivity index (χ2n) is 10.5. The highest BCUT2D eigenvalue weighted by atomic mass is 32.1. The van der Waals surface area contributed by atoms with Crippen LogP contribution in [0.25, 0.3) is 0 Å². The molecule has 10 heteroatoms. The molecule has 1 aliphatic heterocycles. The zero-order valence-corrected chi connectivity index (χ0v) is 24.3. The highest BCUT2D eigenvalue weighted by molar-refractivity contribution is 7.12. The average molecular weight is 599 g/mol. The van der Waals surface area contributed by atoms with Gasteiger partial charge in [-0.15, -0.1) is 11.3 Å². The second-order valence-corrected chi connectivity index (χ2v) is 11.5. The number of carbonyl (C=O) groups excluding carboxylic acids is 3. The first kappa shape index (κ1) is 28.7. The van der Waals surface area contributed by atoms with Gasteiger partial charge in [-0.3, -0.25) is 19.3 Å². The molecule has 0 saturated carbocycles. The Labute approximate surface area is 252 Å². The van der Waals surface area contributed by atoms with Crippen LogP contribution < -0.4 is 16.0 Å². The van der Waals surface area contributed by atoms with E-state index in [9.17, 15) is 18.8 Å². The third-order valence-corrected chi connectivity index (χ3v) is 8.56. The van der Waals surface area contributed by atoms with Gasteiger partial charge in [-0.25, -0.2) is 4.39 Å². The SMILES string of the molecule is O=C(NCCN1CCOCC1)c1ccc2c(c1)C(=O)c1ccc(Nc3ccc(F)c(NC(=O)c4cccs4)c3)cc1CC2. The van der Waals surface area contributed by atoms with Crippen LogP contribution in [0, 0.1) is 5.82 Å². The number of ketones is 1. The molecule has 3 N–H and O–H groups in total. The summed E-state index contributed by atoms with van der Waals surface area (Å²) in [6.07, 6.45) is 1.31. The number of hydrogen-bond acceptors (Lipinski definition) is 7. The molecule has 3 aromatic carbocycles. The van der Waals surface area contributed by atoms with Crippen molar-refractivity contribution in [3.63, 3.8) is 0 Å². The van der Waals surface area contributed by atoms with E-state index in [0.717, 1.165) is 36.4 Å². The van der Waals surface area contributed by atoms with Crippen molar-refractivity contribution < 1.29 is 23.5 Å². The zero-order valence-electron chi connectivity index (χ0n) is 23.5. The number of hydrogen-bond donors (Lipinski definition) is 3. The zero-order chi connectivity index (χ0) is 29.8. The molecule has 43 heavy (non-hydrogen) atoms. The lowest BCUT2D eigenvalue weighted by atomic mass is 9.96. The summed E-state index contributed by atoms with van der Waals surface area (Å²) in [5, 5.41) is 10.6. The van der Waals surface area contributed by atoms with Crippen molar-refractivity contribution in [1.82, 2.24) is 10.2 Å². The second kappa shape index (κ2) is 12.9. The van der Waals surface area contributed by atoms with Crippen molar-refractivity contribution in [2.45, 2.75) is 12.8 Å². The number of fused-ring (bicyclic) bond motifs is 2. The monoisotopic (exact) mass is 598 g/mol. The molecule has 220 valence electrons. The number of ether oxygens (including phenoxy) is 1. The molecule has 0 spiro atoms. The van der Waals surface area contributed by atoms with Gasteiger partial charge in [-0.2, -0.15) is 0 Å². The van der Waals surface area contributed by atoms with Gasteiger partial charge in [-0.05, 0) is 83.9 Å². The number of morpholine rings is 1. The minimum atomic E-state index is -0.536. The van der Waals surface area contributed by atoms with E-state index in [1.807, 2.05) is 12.1 Å². The van der Waals surface area contributed by atoms with Gasteiger partial charge >= 0.3 is 0 Å². The Hall–Kier alpha value is -4.38. The van der Waals surface area contributed by atoms with E-state index in [1.54, 1.807) is 53.9 Å². The molecule has 0 unspecified atom stereocenters. The molecule has 2 heterocycles. The van der Waals surface area contributed by atoms with Crippen molar-refractivity contribution >= 4 is 46.0 Å². The molecular formula is C33H31FN4O4S. The molecule has 8 nitrogen and oxygen atoms in total. The summed E-state index contributed by atoms with van der Waals surface area (Å²) in [6.45, 7) is 4.43. The van der Waals surface area contributed by atoms with Crippen LogP contribution in [0.2, 0.25) is 0 Å². The Balaban J connectivity index is 1.14. The highest BCUT2D eigenvalue weighted by Gasteiger charge is 2.23. The van der Waals surface area contributed by atoms with Crippen molar-refractivity contribution in [2.75, 3.05) is 50.0 Å². The predicted molar refractivity (Wildman–Crippen MR) is 165 cm³/mol. The predicted octanol–water partition coefficient (Wildman–Crippen LogP) is 5.27. The Morgan fingerprint density at radius 1 is 0.884 bits per heavy atom. The molecule has 6 rings (SSSR count). The lowest BCUT2D eigenvalue weighted by Crippen LogP contribution is -2.41. The van der Waals surface area contributed by atoms with Crippen LogP contribution in [-0.2, 0) is 17.6 Å². The number of benzene rings is 3. The van der Waals surface area contributed by atoms with Crippen LogP contribution >= 0.6 is 11.3 Å². The maximum Gasteiger partial charge on any atom is 0.265 e. The van der Waals surface area contributed by atoms with E-state index in [4.69, 9.17) is 4.74 Å². The van der Waals surface area contributed by atoms with Crippen LogP contribution in [0.5, 0.6) is 0 Å². The lowest BCUT2D eigenvalue weighted by molar-refractivity contribution is 0.0383. The maximum atomic E-state index is 14.5. The first-order valence-corrected chi connectivity index (χ1v) is 15.1. The maximum absolute atomic E-state index is 14.5. The number of aryl methyl sites for hydroxylation is 2. The molecule has 2 aliphatic rings. The smallest absolute Gasteiger partial charge is 0.265 e. The Kier molecular flexibility index (Phi) is 8.59. The van der Waals surface area contributed by atoms with Crippen LogP contribution in [0.3, 0.4) is 0 Å². The molecular weight excluding hydrogens is 567 g/mol. The molecule has 1 aliphatic carbocycles. The summed E-state index contributed by atoms with van der Waals surface area (Å²) < 4.78 is 19.8. The number of thiophene rings is 1. The van der Waals surface area contributed by atoms with Crippen molar-refractivity contribution in [1.29, 1.82) is 0 Å². The summed E-state index contributed by atoms with van der Waals surface area (Å²) in [5.41, 5.74) is 4.80. The van der Waals surface area contributed by atoms with Gasteiger partial charge in [-0.1, -0.05) is 12.1 Å². The molecule has 4 aromatic rings. The van der Waals surface area contributed by atoms with Gasteiger partial charge in [0.25, 0.3) is 11.8 Å². The van der Waals surface area contributed by atoms with Gasteiger partial charge < -0.3 is 20.7 Å². The van der Waals surface area contributed by atoms with Crippen LogP contribution in [-0.4, -0.2) is 61.9 Å². The van der Waals surface area contributed by atoms with E-state index in [2.05, 4.69) is 20.9 Å². The third kappa shape index (κ3) is 6.67. The van der Waals surface area contributed by atoms with Gasteiger partial charge in [0.15, 0.2) is 5.78 Å². The quantitative estimate of drug-likeness (QED) is 0.256. The number of carbonyl (C=O) groups is 3. The van der Waals surface area contributed by atoms with E-state index in [-0.39, 0.29) is 23.3 Å². The summed E-state index contributed by atoms with van der Waals surface area (Å²) in [4.78, 5) is 41.7. The molecule has 1 fully saturated rings. The first-order chi connectivity index (χ1) is 20.9. The normalized spacial score (nSPS) is 14.8. The van der Waals surface area contributed by atoms with Crippen molar-refractivity contribution in [2.24, 2.45) is 0 Å². The van der Waals surface area contributed by atoms with Crippen molar-refractivity contribution in [3.05, 3.63) is 111 Å². The van der Waals surface area contributed by atoms with Gasteiger partial charge in [0.1, 0.15) is 5.82 Å². The third-order valence-electron chi connectivity index (χ3n) is 7.70. The lowest BCUT2D eigenvalue weighted by Gasteiger charge is -2.26. The van der Waals surface area contributed by atoms with Crippen LogP contribution in [0.4, 0.5) is 21.5 Å². The standard InChI is InChI=1S/C33H31FN4O4S/c34-28-10-8-25(20-29(28)37-33(41)30-2-1-17-43-30)36-24-7-9-26-22(18-24)5-3-21-4-6-23(19-27(21)31(26)39)32(40)35-11-12-38-13-15-42-16-14-38/h1-2,4,6-10,17-20,36H,3,5,11-16H2,(H,35,40)(H,37,41). The molecule has 0 atom stereocenters. The highest BCUT2D eigenvalue weighted by Crippen LogP contribution is 2.30. The summed E-state index contributed by atoms with van der Waals surface area (Å²) in [5.74, 6) is -1.22. The Bertz CT molecular complexity index is 1670. The summed E-state index contributed by atoms with van der Waals surface area (Å²) in [6, 6.07) is 18.7. The van der Waals surface area contributed by atoms with E-state index in [1.165, 1.54) is 17.4 Å². The molecule has 1 saturated heterocycles. The fraction of sp³-hybridized carbons (Fsp3) is 0.242. The average Bonchev–Trinajstić information content (AvgIpc) is 3.53. The molecule has 1 aromatic heterocycles. The Morgan fingerprint density at radius 2 is 1.67 bits per heavy atom. The largest absolute Gasteiger partial charge is 0.379 e. The minimum absolute atomic E-state index is 0.0738. The van der Waals surface area contributed by atoms with Gasteiger partial charge in [0.05, 0.1) is 23.8 Å². The minimum Gasteiger partial charge on any atom is -0.379 e. The van der Waals surface area contributed by atoms with E-state index in [0.29, 0.717) is 59.9 Å². The molecule has 0 radical (unpaired) electrons. The topological polar surface area (TPSA) is 99.8 Å². The summed E-state index contributed by atoms with van der Waals surface area (Å²) in [7, 11) is 0. The summed E-state index contributed by atoms with van der Waals surface area (Å²) >= 11 is 1.28. The number of rotatable bonds is 8. The van der Waals surface area contributed by atoms with Gasteiger partial charge in [0.2, 0.25) is 0 Å². The number of nitrogens with zero attached hydrogens (tertiary/aromatic N) is 1. The first-order valence-electron chi connectivity index (χ1n) is 14.2. The number of amides is 2. The van der Waals surface area contributed by atoms with Crippen LogP contribution in [0.1, 0.15) is 47.1 Å². The number of halogens is 1. The molecule has 0 bridgehead atoms. The Morgan fingerprint density at radius 3 is 2.49 bits per heavy atom. The van der Waals surface area contributed by atoms with Crippen LogP contribution in [0.15, 0.2) is 72.1 Å². The fourth-order valence-electron chi connectivity index (χ4n) is 5.37. The number of nitrogens with one attached hydrogen (secondary N) is 3. The molecule has 2 amide bonds.